The maximum atomic E-state index is 12.0. The molecule has 1 heterocycles. The molecule has 108 valence electrons. The first-order valence-electron chi connectivity index (χ1n) is 6.04. The Balaban J connectivity index is 0.00000180. The van der Waals surface area contributed by atoms with Crippen molar-refractivity contribution in [1.29, 1.82) is 0 Å². The summed E-state index contributed by atoms with van der Waals surface area (Å²) in [5.74, 6) is 0.595. The van der Waals surface area contributed by atoms with Crippen molar-refractivity contribution in [3.63, 3.8) is 0 Å². The lowest BCUT2D eigenvalue weighted by Crippen LogP contribution is -2.26. The summed E-state index contributed by atoms with van der Waals surface area (Å²) in [5, 5.41) is 3.28. The lowest BCUT2D eigenvalue weighted by Gasteiger charge is -2.10. The molecular formula is C12H18BrClN2O2S. The van der Waals surface area contributed by atoms with Gasteiger partial charge in [-0.1, -0.05) is 15.9 Å². The van der Waals surface area contributed by atoms with E-state index in [2.05, 4.69) is 26.0 Å². The van der Waals surface area contributed by atoms with E-state index in [-0.39, 0.29) is 12.4 Å². The van der Waals surface area contributed by atoms with Gasteiger partial charge in [-0.05, 0) is 56.1 Å². The fourth-order valence-electron chi connectivity index (χ4n) is 2.06. The number of hydrogen-bond donors (Lipinski definition) is 2. The Bertz CT molecular complexity index is 487. The molecular weight excluding hydrogens is 352 g/mol. The smallest absolute Gasteiger partial charge is 0.240 e. The van der Waals surface area contributed by atoms with Crippen molar-refractivity contribution in [3.8, 4) is 0 Å². The number of nitrogens with one attached hydrogen (secondary N) is 2. The minimum absolute atomic E-state index is 0. The van der Waals surface area contributed by atoms with Crippen molar-refractivity contribution >= 4 is 38.4 Å². The third-order valence-corrected chi connectivity index (χ3v) is 5.14. The van der Waals surface area contributed by atoms with Gasteiger partial charge < -0.3 is 5.32 Å². The summed E-state index contributed by atoms with van der Waals surface area (Å²) in [7, 11) is -3.36. The number of halogens is 2. The standard InChI is InChI=1S/C12H17BrN2O2S.ClH/c13-11-1-3-12(4-2-11)18(16,17)15-8-6-10-5-7-14-9-10;/h1-4,10,14-15H,5-9H2;1H. The highest BCUT2D eigenvalue weighted by molar-refractivity contribution is 9.10. The minimum atomic E-state index is -3.36. The molecule has 1 fully saturated rings. The van der Waals surface area contributed by atoms with Crippen molar-refractivity contribution in [2.24, 2.45) is 5.92 Å². The molecule has 1 aliphatic rings. The van der Waals surface area contributed by atoms with E-state index in [1.54, 1.807) is 24.3 Å². The zero-order valence-electron chi connectivity index (χ0n) is 10.4. The van der Waals surface area contributed by atoms with Crippen LogP contribution in [0.15, 0.2) is 33.6 Å². The Morgan fingerprint density at radius 3 is 2.58 bits per heavy atom. The van der Waals surface area contributed by atoms with Gasteiger partial charge in [-0.2, -0.15) is 0 Å². The maximum absolute atomic E-state index is 12.0. The third kappa shape index (κ3) is 5.04. The van der Waals surface area contributed by atoms with Crippen molar-refractivity contribution in [3.05, 3.63) is 28.7 Å². The highest BCUT2D eigenvalue weighted by atomic mass is 79.9. The largest absolute Gasteiger partial charge is 0.316 e. The molecule has 4 nitrogen and oxygen atoms in total. The summed E-state index contributed by atoms with van der Waals surface area (Å²) in [6.45, 7) is 2.55. The molecule has 0 bridgehead atoms. The second kappa shape index (κ2) is 7.59. The van der Waals surface area contributed by atoms with Gasteiger partial charge in [0, 0.05) is 11.0 Å². The number of benzene rings is 1. The molecule has 0 amide bonds. The fraction of sp³-hybridized carbons (Fsp3) is 0.500. The van der Waals surface area contributed by atoms with Crippen molar-refractivity contribution < 1.29 is 8.42 Å². The predicted molar refractivity (Wildman–Crippen MR) is 82.2 cm³/mol. The average molecular weight is 370 g/mol. The molecule has 7 heteroatoms. The lowest BCUT2D eigenvalue weighted by atomic mass is 10.1. The topological polar surface area (TPSA) is 58.2 Å². The molecule has 2 rings (SSSR count). The van der Waals surface area contributed by atoms with Crippen LogP contribution in [0.25, 0.3) is 0 Å². The maximum Gasteiger partial charge on any atom is 0.240 e. The molecule has 0 aromatic heterocycles. The zero-order chi connectivity index (χ0) is 13.0. The second-order valence-corrected chi connectivity index (χ2v) is 7.18. The van der Waals surface area contributed by atoms with Crippen LogP contribution in [0.4, 0.5) is 0 Å². The molecule has 0 spiro atoms. The second-order valence-electron chi connectivity index (χ2n) is 4.50. The minimum Gasteiger partial charge on any atom is -0.316 e. The zero-order valence-corrected chi connectivity index (χ0v) is 13.7. The molecule has 0 aliphatic carbocycles. The molecule has 1 unspecified atom stereocenters. The van der Waals surface area contributed by atoms with E-state index in [9.17, 15) is 8.42 Å². The molecule has 0 saturated carbocycles. The highest BCUT2D eigenvalue weighted by Gasteiger charge is 2.17. The lowest BCUT2D eigenvalue weighted by molar-refractivity contribution is 0.519. The first-order chi connectivity index (χ1) is 8.58. The van der Waals surface area contributed by atoms with Gasteiger partial charge in [0.2, 0.25) is 10.0 Å². The number of hydrogen-bond acceptors (Lipinski definition) is 3. The van der Waals surface area contributed by atoms with Gasteiger partial charge in [0.15, 0.2) is 0 Å². The van der Waals surface area contributed by atoms with Crippen LogP contribution in [-0.2, 0) is 10.0 Å². The highest BCUT2D eigenvalue weighted by Crippen LogP contribution is 2.15. The molecule has 1 aliphatic heterocycles. The molecule has 19 heavy (non-hydrogen) atoms. The quantitative estimate of drug-likeness (QED) is 0.836. The molecule has 2 N–H and O–H groups in total. The van der Waals surface area contributed by atoms with E-state index < -0.39 is 10.0 Å². The van der Waals surface area contributed by atoms with Crippen LogP contribution in [0.3, 0.4) is 0 Å². The van der Waals surface area contributed by atoms with Crippen molar-refractivity contribution in [1.82, 2.24) is 10.0 Å². The van der Waals surface area contributed by atoms with Crippen LogP contribution < -0.4 is 10.0 Å². The average Bonchev–Trinajstić information content (AvgIpc) is 2.82. The summed E-state index contributed by atoms with van der Waals surface area (Å²) in [6.07, 6.45) is 2.03. The van der Waals surface area contributed by atoms with Gasteiger partial charge in [-0.15, -0.1) is 12.4 Å². The van der Waals surface area contributed by atoms with Gasteiger partial charge in [0.1, 0.15) is 0 Å². The number of rotatable bonds is 5. The first kappa shape index (κ1) is 16.9. The first-order valence-corrected chi connectivity index (χ1v) is 8.31. The molecule has 1 saturated heterocycles. The van der Waals surface area contributed by atoms with Gasteiger partial charge in [0.05, 0.1) is 4.90 Å². The molecule has 1 aromatic rings. The summed E-state index contributed by atoms with van der Waals surface area (Å²) in [5.41, 5.74) is 0. The van der Waals surface area contributed by atoms with Crippen LogP contribution in [0, 0.1) is 5.92 Å². The predicted octanol–water partition coefficient (Wildman–Crippen LogP) is 2.15. The van der Waals surface area contributed by atoms with E-state index in [4.69, 9.17) is 0 Å². The van der Waals surface area contributed by atoms with Crippen molar-refractivity contribution in [2.45, 2.75) is 17.7 Å². The van der Waals surface area contributed by atoms with Gasteiger partial charge >= 0.3 is 0 Å². The molecule has 0 radical (unpaired) electrons. The Morgan fingerprint density at radius 1 is 1.32 bits per heavy atom. The monoisotopic (exact) mass is 368 g/mol. The summed E-state index contributed by atoms with van der Waals surface area (Å²) >= 11 is 3.29. The molecule has 1 atom stereocenters. The van der Waals surface area contributed by atoms with E-state index in [1.165, 1.54) is 0 Å². The van der Waals surface area contributed by atoms with Crippen LogP contribution in [0.5, 0.6) is 0 Å². The van der Waals surface area contributed by atoms with E-state index in [0.717, 1.165) is 30.4 Å². The summed E-state index contributed by atoms with van der Waals surface area (Å²) < 4.78 is 27.5. The normalized spacial score (nSPS) is 19.1. The van der Waals surface area contributed by atoms with E-state index in [0.29, 0.717) is 17.4 Å². The van der Waals surface area contributed by atoms with Gasteiger partial charge in [0.25, 0.3) is 0 Å². The van der Waals surface area contributed by atoms with E-state index in [1.807, 2.05) is 0 Å². The van der Waals surface area contributed by atoms with Crippen LogP contribution in [-0.4, -0.2) is 28.1 Å². The Labute approximate surface area is 128 Å². The van der Waals surface area contributed by atoms with Crippen molar-refractivity contribution in [2.75, 3.05) is 19.6 Å². The van der Waals surface area contributed by atoms with Gasteiger partial charge in [-0.3, -0.25) is 0 Å². The Morgan fingerprint density at radius 2 is 2.00 bits per heavy atom. The molecule has 1 aromatic carbocycles. The number of sulfonamides is 1. The van der Waals surface area contributed by atoms with Crippen LogP contribution in [0.1, 0.15) is 12.8 Å². The van der Waals surface area contributed by atoms with Gasteiger partial charge in [-0.25, -0.2) is 13.1 Å². The Hall–Kier alpha value is -0.140. The Kier molecular flexibility index (Phi) is 6.76. The fourth-order valence-corrected chi connectivity index (χ4v) is 3.37. The third-order valence-electron chi connectivity index (χ3n) is 3.13. The van der Waals surface area contributed by atoms with Crippen LogP contribution >= 0.6 is 28.3 Å². The van der Waals surface area contributed by atoms with Crippen LogP contribution in [0.2, 0.25) is 0 Å². The summed E-state index contributed by atoms with van der Waals surface area (Å²) in [6, 6.07) is 6.66. The summed E-state index contributed by atoms with van der Waals surface area (Å²) in [4.78, 5) is 0.315. The SMILES string of the molecule is Cl.O=S(=O)(NCCC1CCNC1)c1ccc(Br)cc1. The van der Waals surface area contributed by atoms with E-state index >= 15 is 0 Å².